The van der Waals surface area contributed by atoms with Gasteiger partial charge in [-0.1, -0.05) is 12.1 Å². The Hall–Kier alpha value is -3.09. The predicted octanol–water partition coefficient (Wildman–Crippen LogP) is -10.6. The molecule has 2 heterocycles. The van der Waals surface area contributed by atoms with Gasteiger partial charge in [0.2, 0.25) is 0 Å². The smallest absolute Gasteiger partial charge is 0.543 e. The van der Waals surface area contributed by atoms with Crippen LogP contribution in [0.15, 0.2) is 36.4 Å². The third-order valence-electron chi connectivity index (χ3n) is 2.33. The second kappa shape index (κ2) is 26.9. The molecule has 0 aliphatic rings. The van der Waals surface area contributed by atoms with Gasteiger partial charge in [-0.05, 0) is 24.3 Å². The van der Waals surface area contributed by atoms with Gasteiger partial charge in [0, 0.05) is 0 Å². The number of carbonyl (C=O) groups excluding carboxylic acids is 4. The van der Waals surface area contributed by atoms with E-state index >= 15 is 0 Å². The van der Waals surface area contributed by atoms with Gasteiger partial charge < -0.3 is 77.9 Å². The van der Waals surface area contributed by atoms with E-state index in [1.54, 1.807) is 0 Å². The summed E-state index contributed by atoms with van der Waals surface area (Å²) in [6.07, 6.45) is 0. The number of aromatic carboxylic acids is 4. The normalized spacial score (nSPS) is 6.79. The molecule has 19 heteroatoms. The number of carboxylic acids is 4. The molecule has 0 aliphatic heterocycles. The molecule has 0 fully saturated rings. The summed E-state index contributed by atoms with van der Waals surface area (Å²) in [5, 5.41) is 40.8. The first-order chi connectivity index (χ1) is 11.2. The molecule has 2 radical (unpaired) electrons. The number of pyridine rings is 2. The number of hydrogen-bond acceptors (Lipinski definition) is 10. The SMILES string of the molecule is O.O.O=C([O-])c1cccc(C(=O)[O-])n1.O=C([O-])c1cccc(C(=O)[O-])n1.[Co+2].[Co+2].[OH3+].[OH3+].[OH3+].[OH3+].[OH3+]. The van der Waals surface area contributed by atoms with Crippen LogP contribution < -0.4 is 20.4 Å². The number of hydrogen-bond donors (Lipinski definition) is 0. The van der Waals surface area contributed by atoms with Crippen molar-refractivity contribution in [1.82, 2.24) is 9.97 Å². The van der Waals surface area contributed by atoms with Crippen molar-refractivity contribution in [2.24, 2.45) is 0 Å². The molecular formula is C14H25Co2N2O15+5. The van der Waals surface area contributed by atoms with Crippen LogP contribution in [0.3, 0.4) is 0 Å². The van der Waals surface area contributed by atoms with E-state index in [4.69, 9.17) is 0 Å². The zero-order valence-corrected chi connectivity index (χ0v) is 18.3. The van der Waals surface area contributed by atoms with Crippen molar-refractivity contribution in [3.8, 4) is 0 Å². The van der Waals surface area contributed by atoms with Gasteiger partial charge in [-0.25, -0.2) is 9.97 Å². The number of rotatable bonds is 4. The van der Waals surface area contributed by atoms with Gasteiger partial charge in [-0.15, -0.1) is 0 Å². The predicted molar refractivity (Wildman–Crippen MR) is 97.4 cm³/mol. The minimum atomic E-state index is -1.52. The zero-order chi connectivity index (χ0) is 18.3. The van der Waals surface area contributed by atoms with Crippen LogP contribution in [0.2, 0.25) is 0 Å². The van der Waals surface area contributed by atoms with Crippen molar-refractivity contribution in [3.05, 3.63) is 59.2 Å². The van der Waals surface area contributed by atoms with Gasteiger partial charge in [-0.3, -0.25) is 0 Å². The van der Waals surface area contributed by atoms with E-state index in [0.29, 0.717) is 0 Å². The van der Waals surface area contributed by atoms with E-state index in [2.05, 4.69) is 9.97 Å². The fourth-order valence-electron chi connectivity index (χ4n) is 1.32. The van der Waals surface area contributed by atoms with Crippen LogP contribution in [0.4, 0.5) is 0 Å². The molecule has 0 saturated carbocycles. The van der Waals surface area contributed by atoms with E-state index in [1.165, 1.54) is 12.1 Å². The fraction of sp³-hybridized carbons (Fsp3) is 0. The van der Waals surface area contributed by atoms with Crippen molar-refractivity contribution < 1.29 is 111 Å². The Bertz CT molecular complexity index is 697. The number of carbonyl (C=O) groups is 4. The molecule has 2 aromatic rings. The molecule has 2 rings (SSSR count). The molecule has 0 atom stereocenters. The average Bonchev–Trinajstić information content (AvgIpc) is 2.55. The first-order valence-electron chi connectivity index (χ1n) is 6.02. The van der Waals surface area contributed by atoms with Crippen molar-refractivity contribution in [3.63, 3.8) is 0 Å². The van der Waals surface area contributed by atoms with Crippen molar-refractivity contribution in [2.75, 3.05) is 0 Å². The Morgan fingerprint density at radius 1 is 0.485 bits per heavy atom. The van der Waals surface area contributed by atoms with E-state index in [1.807, 2.05) is 0 Å². The van der Waals surface area contributed by atoms with Gasteiger partial charge in [0.25, 0.3) is 0 Å². The minimum absolute atomic E-state index is 0. The molecule has 0 unspecified atom stereocenters. The van der Waals surface area contributed by atoms with Gasteiger partial charge in [0.1, 0.15) is 0 Å². The number of nitrogens with zero attached hydrogens (tertiary/aromatic N) is 2. The van der Waals surface area contributed by atoms with E-state index in [-0.39, 0.29) is 71.9 Å². The van der Waals surface area contributed by atoms with Crippen LogP contribution in [0, 0.1) is 0 Å². The average molecular weight is 579 g/mol. The Morgan fingerprint density at radius 2 is 0.636 bits per heavy atom. The third-order valence-corrected chi connectivity index (χ3v) is 2.33. The van der Waals surface area contributed by atoms with Crippen molar-refractivity contribution >= 4 is 23.9 Å². The first-order valence-corrected chi connectivity index (χ1v) is 6.02. The topological polar surface area (TPSA) is 414 Å². The second-order valence-corrected chi connectivity index (χ2v) is 3.97. The van der Waals surface area contributed by atoms with Gasteiger partial charge >= 0.3 is 33.6 Å². The third kappa shape index (κ3) is 19.3. The summed E-state index contributed by atoms with van der Waals surface area (Å²) in [6.45, 7) is 0. The quantitative estimate of drug-likeness (QED) is 0.308. The maximum atomic E-state index is 10.2. The number of carboxylic acid groups (broad SMARTS) is 4. The molecule has 19 N–H and O–H groups in total. The second-order valence-electron chi connectivity index (χ2n) is 3.97. The Labute approximate surface area is 204 Å². The summed E-state index contributed by atoms with van der Waals surface area (Å²) in [5.41, 5.74) is -1.68. The maximum absolute atomic E-state index is 10.2. The fourth-order valence-corrected chi connectivity index (χ4v) is 1.32. The summed E-state index contributed by atoms with van der Waals surface area (Å²) in [4.78, 5) is 47.3. The monoisotopic (exact) mass is 579 g/mol. The van der Waals surface area contributed by atoms with Gasteiger partial charge in [0.15, 0.2) is 0 Å². The molecule has 194 valence electrons. The van der Waals surface area contributed by atoms with Crippen LogP contribution in [-0.2, 0) is 60.9 Å². The largest absolute Gasteiger partial charge is 2.00 e. The van der Waals surface area contributed by atoms with Crippen molar-refractivity contribution in [1.29, 1.82) is 0 Å². The Kier molecular flexibility index (Phi) is 46.7. The van der Waals surface area contributed by atoms with Crippen LogP contribution in [0.1, 0.15) is 42.0 Å². The molecule has 0 aliphatic carbocycles. The minimum Gasteiger partial charge on any atom is -0.543 e. The van der Waals surface area contributed by atoms with E-state index in [9.17, 15) is 39.6 Å². The molecule has 0 spiro atoms. The Morgan fingerprint density at radius 3 is 0.758 bits per heavy atom. The number of aromatic nitrogens is 2. The summed E-state index contributed by atoms with van der Waals surface area (Å²) >= 11 is 0. The van der Waals surface area contributed by atoms with Crippen molar-refractivity contribution in [2.45, 2.75) is 0 Å². The maximum Gasteiger partial charge on any atom is 2.00 e. The molecule has 0 bridgehead atoms. The van der Waals surface area contributed by atoms with E-state index in [0.717, 1.165) is 24.3 Å². The van der Waals surface area contributed by atoms with Gasteiger partial charge in [-0.2, -0.15) is 0 Å². The Balaban J connectivity index is -0.0000000392. The molecule has 17 nitrogen and oxygen atoms in total. The molecule has 0 saturated heterocycles. The molecule has 0 aromatic carbocycles. The van der Waals surface area contributed by atoms with Crippen LogP contribution >= 0.6 is 0 Å². The zero-order valence-electron chi connectivity index (χ0n) is 16.2. The van der Waals surface area contributed by atoms with E-state index < -0.39 is 46.7 Å². The summed E-state index contributed by atoms with van der Waals surface area (Å²) in [6, 6.07) is 7.07. The van der Waals surface area contributed by atoms with Crippen LogP contribution in [0.25, 0.3) is 0 Å². The summed E-state index contributed by atoms with van der Waals surface area (Å²) in [7, 11) is 0. The summed E-state index contributed by atoms with van der Waals surface area (Å²) in [5.74, 6) is -6.06. The van der Waals surface area contributed by atoms with Crippen LogP contribution in [-0.4, -0.2) is 44.8 Å². The molecular weight excluding hydrogens is 554 g/mol. The van der Waals surface area contributed by atoms with Crippen LogP contribution in [0.5, 0.6) is 0 Å². The molecule has 0 amide bonds. The van der Waals surface area contributed by atoms with Gasteiger partial charge in [0.05, 0.1) is 46.7 Å². The molecule has 33 heavy (non-hydrogen) atoms. The molecule has 2 aromatic heterocycles. The summed E-state index contributed by atoms with van der Waals surface area (Å²) < 4.78 is 0. The standard InChI is InChI=1S/2C7H5NO4.2Co.7H2O/c2*9-6(10)4-2-1-3-5(8-4)7(11)12;;;;;;;;;/h2*1-3H,(H,9,10)(H,11,12);;;7*1H2/q;;2*+2;;;;;;;/p+1. The first kappa shape index (κ1) is 57.2.